The molecule has 0 aromatic rings. The Morgan fingerprint density at radius 2 is 2.23 bits per heavy atom. The highest BCUT2D eigenvalue weighted by Crippen LogP contribution is 2.14. The van der Waals surface area contributed by atoms with Crippen LogP contribution in [0.3, 0.4) is 0 Å². The first-order chi connectivity index (χ1) is 6.13. The number of rotatable bonds is 2. The monoisotopic (exact) mass is 208 g/mol. The molecule has 0 amide bonds. The molecule has 0 bridgehead atoms. The number of hydrogen-bond donors (Lipinski definition) is 0. The van der Waals surface area contributed by atoms with Crippen molar-refractivity contribution in [1.29, 1.82) is 0 Å². The van der Waals surface area contributed by atoms with Crippen molar-refractivity contribution in [2.24, 2.45) is 0 Å². The highest BCUT2D eigenvalue weighted by Gasteiger charge is 2.27. The summed E-state index contributed by atoms with van der Waals surface area (Å²) in [7, 11) is 0. The minimum absolute atomic E-state index is 0.0333. The molecule has 5 heteroatoms. The largest absolute Gasteiger partial charge is 0.432 e. The maximum Gasteiger partial charge on any atom is 0.323 e. The molecule has 0 aromatic carbocycles. The Morgan fingerprint density at radius 3 is 2.77 bits per heavy atom. The van der Waals surface area contributed by atoms with E-state index < -0.39 is 12.3 Å². The van der Waals surface area contributed by atoms with Crippen molar-refractivity contribution in [1.82, 2.24) is 0 Å². The van der Waals surface area contributed by atoms with Crippen LogP contribution in [0.1, 0.15) is 13.8 Å². The fourth-order valence-corrected chi connectivity index (χ4v) is 1.06. The van der Waals surface area contributed by atoms with Crippen molar-refractivity contribution < 1.29 is 19.0 Å². The summed E-state index contributed by atoms with van der Waals surface area (Å²) in [6.45, 7) is 4.05. The number of ether oxygens (including phenoxy) is 3. The van der Waals surface area contributed by atoms with Crippen molar-refractivity contribution in [2.75, 3.05) is 12.5 Å². The first kappa shape index (κ1) is 10.8. The molecule has 0 saturated carbocycles. The third-order valence-electron chi connectivity index (χ3n) is 1.89. The van der Waals surface area contributed by atoms with Gasteiger partial charge < -0.3 is 14.2 Å². The van der Waals surface area contributed by atoms with Gasteiger partial charge in [0.2, 0.25) is 6.29 Å². The third kappa shape index (κ3) is 3.14. The van der Waals surface area contributed by atoms with E-state index in [1.807, 2.05) is 13.8 Å². The Labute approximate surface area is 82.1 Å². The summed E-state index contributed by atoms with van der Waals surface area (Å²) in [6.07, 6.45) is -0.648. The first-order valence-electron chi connectivity index (χ1n) is 4.16. The van der Waals surface area contributed by atoms with E-state index in [4.69, 9.17) is 25.8 Å². The van der Waals surface area contributed by atoms with E-state index in [1.54, 1.807) is 0 Å². The standard InChI is InChI=1S/C8H13ClO4/c1-5-6(2)12-8(4-11-5)13-7(10)3-9/h5-6,8H,3-4H2,1-2H3/t5-,6+,8-/m0/s1. The Morgan fingerprint density at radius 1 is 1.54 bits per heavy atom. The van der Waals surface area contributed by atoms with Gasteiger partial charge >= 0.3 is 5.97 Å². The molecule has 0 aliphatic carbocycles. The van der Waals surface area contributed by atoms with E-state index in [9.17, 15) is 4.79 Å². The van der Waals surface area contributed by atoms with Crippen LogP contribution in [0, 0.1) is 0 Å². The number of carbonyl (C=O) groups excluding carboxylic acids is 1. The minimum atomic E-state index is -0.613. The summed E-state index contributed by atoms with van der Waals surface area (Å²) in [5, 5.41) is 0. The molecule has 1 aliphatic rings. The zero-order chi connectivity index (χ0) is 9.84. The Kier molecular flexibility index (Phi) is 3.96. The van der Waals surface area contributed by atoms with E-state index in [2.05, 4.69) is 0 Å². The number of halogens is 1. The minimum Gasteiger partial charge on any atom is -0.432 e. The van der Waals surface area contributed by atoms with Crippen LogP contribution in [-0.2, 0) is 19.0 Å². The van der Waals surface area contributed by atoms with Crippen molar-refractivity contribution in [2.45, 2.75) is 32.3 Å². The maximum absolute atomic E-state index is 10.8. The van der Waals surface area contributed by atoms with Crippen molar-refractivity contribution in [3.8, 4) is 0 Å². The summed E-state index contributed by atoms with van der Waals surface area (Å²) in [4.78, 5) is 10.8. The van der Waals surface area contributed by atoms with E-state index >= 15 is 0 Å². The predicted octanol–water partition coefficient (Wildman–Crippen LogP) is 0.918. The van der Waals surface area contributed by atoms with Crippen LogP contribution in [0.4, 0.5) is 0 Å². The van der Waals surface area contributed by atoms with Crippen LogP contribution in [-0.4, -0.2) is 37.0 Å². The lowest BCUT2D eigenvalue weighted by Gasteiger charge is -2.32. The number of hydrogen-bond acceptors (Lipinski definition) is 4. The smallest absolute Gasteiger partial charge is 0.323 e. The molecule has 1 heterocycles. The van der Waals surface area contributed by atoms with Crippen molar-refractivity contribution in [3.63, 3.8) is 0 Å². The van der Waals surface area contributed by atoms with Crippen LogP contribution in [0.5, 0.6) is 0 Å². The van der Waals surface area contributed by atoms with Gasteiger partial charge in [0.05, 0.1) is 12.2 Å². The molecular weight excluding hydrogens is 196 g/mol. The van der Waals surface area contributed by atoms with Crippen LogP contribution in [0.2, 0.25) is 0 Å². The molecule has 1 fully saturated rings. The van der Waals surface area contributed by atoms with Gasteiger partial charge in [0, 0.05) is 0 Å². The highest BCUT2D eigenvalue weighted by molar-refractivity contribution is 6.26. The summed E-state index contributed by atoms with van der Waals surface area (Å²) in [5.74, 6) is -0.652. The molecule has 76 valence electrons. The van der Waals surface area contributed by atoms with Gasteiger partial charge in [-0.05, 0) is 13.8 Å². The van der Waals surface area contributed by atoms with Gasteiger partial charge in [-0.25, -0.2) is 0 Å². The topological polar surface area (TPSA) is 44.8 Å². The molecule has 0 aromatic heterocycles. The lowest BCUT2D eigenvalue weighted by atomic mass is 10.2. The molecule has 1 aliphatic heterocycles. The molecular formula is C8H13ClO4. The summed E-state index contributed by atoms with van der Waals surface area (Å²) >= 11 is 5.27. The van der Waals surface area contributed by atoms with Gasteiger partial charge in [-0.1, -0.05) is 0 Å². The predicted molar refractivity (Wildman–Crippen MR) is 46.6 cm³/mol. The van der Waals surface area contributed by atoms with Gasteiger partial charge in [0.25, 0.3) is 0 Å². The zero-order valence-corrected chi connectivity index (χ0v) is 8.41. The van der Waals surface area contributed by atoms with E-state index in [1.165, 1.54) is 0 Å². The van der Waals surface area contributed by atoms with Crippen LogP contribution in [0.15, 0.2) is 0 Å². The zero-order valence-electron chi connectivity index (χ0n) is 7.66. The van der Waals surface area contributed by atoms with Crippen LogP contribution in [0.25, 0.3) is 0 Å². The maximum atomic E-state index is 10.8. The van der Waals surface area contributed by atoms with E-state index in [-0.39, 0.29) is 24.7 Å². The second-order valence-corrected chi connectivity index (χ2v) is 3.20. The molecule has 0 spiro atoms. The molecule has 0 radical (unpaired) electrons. The van der Waals surface area contributed by atoms with Crippen molar-refractivity contribution >= 4 is 17.6 Å². The Bertz CT molecular complexity index is 185. The molecule has 0 N–H and O–H groups in total. The highest BCUT2D eigenvalue weighted by atomic mass is 35.5. The van der Waals surface area contributed by atoms with Gasteiger partial charge in [-0.2, -0.15) is 0 Å². The average molecular weight is 209 g/mol. The Hall–Kier alpha value is -0.320. The lowest BCUT2D eigenvalue weighted by molar-refractivity contribution is -0.251. The second-order valence-electron chi connectivity index (χ2n) is 2.93. The molecule has 13 heavy (non-hydrogen) atoms. The normalized spacial score (nSPS) is 34.2. The third-order valence-corrected chi connectivity index (χ3v) is 2.11. The SMILES string of the molecule is C[C@@H]1OC[C@H](OC(=O)CCl)O[C@@H]1C. The summed E-state index contributed by atoms with van der Waals surface area (Å²) < 4.78 is 15.5. The fraction of sp³-hybridized carbons (Fsp3) is 0.875. The molecule has 1 saturated heterocycles. The Balaban J connectivity index is 2.33. The van der Waals surface area contributed by atoms with Crippen LogP contribution >= 0.6 is 11.6 Å². The van der Waals surface area contributed by atoms with Gasteiger partial charge in [-0.3, -0.25) is 4.79 Å². The molecule has 0 unspecified atom stereocenters. The second kappa shape index (κ2) is 4.79. The van der Waals surface area contributed by atoms with E-state index in [0.29, 0.717) is 0 Å². The lowest BCUT2D eigenvalue weighted by Crippen LogP contribution is -2.42. The fourth-order valence-electron chi connectivity index (χ4n) is 0.995. The van der Waals surface area contributed by atoms with E-state index in [0.717, 1.165) is 0 Å². The van der Waals surface area contributed by atoms with Gasteiger partial charge in [-0.15, -0.1) is 11.6 Å². The quantitative estimate of drug-likeness (QED) is 0.500. The van der Waals surface area contributed by atoms with Crippen molar-refractivity contribution in [3.05, 3.63) is 0 Å². The molecule has 3 atom stereocenters. The molecule has 1 rings (SSSR count). The number of esters is 1. The van der Waals surface area contributed by atoms with Gasteiger partial charge in [0.1, 0.15) is 12.5 Å². The first-order valence-corrected chi connectivity index (χ1v) is 4.69. The van der Waals surface area contributed by atoms with Gasteiger partial charge in [0.15, 0.2) is 0 Å². The summed E-state index contributed by atoms with van der Waals surface area (Å²) in [5.41, 5.74) is 0. The molecule has 4 nitrogen and oxygen atoms in total. The summed E-state index contributed by atoms with van der Waals surface area (Å²) in [6, 6.07) is 0. The number of carbonyl (C=O) groups is 1. The number of alkyl halides is 1. The van der Waals surface area contributed by atoms with Crippen LogP contribution < -0.4 is 0 Å². The average Bonchev–Trinajstić information content (AvgIpc) is 2.11.